The SMILES string of the molecule is CC1CCC(N2CCC(O)C(C)C2)CC1. The molecule has 0 amide bonds. The van der Waals surface area contributed by atoms with Gasteiger partial charge in [-0.2, -0.15) is 0 Å². The summed E-state index contributed by atoms with van der Waals surface area (Å²) in [5, 5.41) is 9.71. The number of likely N-dealkylation sites (tertiary alicyclic amines) is 1. The Hall–Kier alpha value is -0.0800. The molecule has 1 saturated heterocycles. The number of piperidine rings is 1. The minimum absolute atomic E-state index is 0.0521. The lowest BCUT2D eigenvalue weighted by atomic mass is 9.85. The largest absolute Gasteiger partial charge is 0.393 e. The second kappa shape index (κ2) is 4.84. The summed E-state index contributed by atoms with van der Waals surface area (Å²) in [4.78, 5) is 2.63. The smallest absolute Gasteiger partial charge is 0.0590 e. The van der Waals surface area contributed by atoms with Crippen LogP contribution >= 0.6 is 0 Å². The molecule has 15 heavy (non-hydrogen) atoms. The third-order valence-corrected chi connectivity index (χ3v) is 4.39. The van der Waals surface area contributed by atoms with Crippen LogP contribution in [0.2, 0.25) is 0 Å². The highest BCUT2D eigenvalue weighted by Gasteiger charge is 2.30. The normalized spacial score (nSPS) is 44.2. The molecule has 1 aliphatic carbocycles. The molecule has 0 aromatic carbocycles. The molecule has 2 aliphatic rings. The third-order valence-electron chi connectivity index (χ3n) is 4.39. The molecular formula is C13H25NO. The summed E-state index contributed by atoms with van der Waals surface area (Å²) in [6.45, 7) is 6.78. The zero-order chi connectivity index (χ0) is 10.8. The summed E-state index contributed by atoms with van der Waals surface area (Å²) < 4.78 is 0. The lowest BCUT2D eigenvalue weighted by molar-refractivity contribution is 0.00718. The van der Waals surface area contributed by atoms with E-state index in [9.17, 15) is 5.11 Å². The number of aliphatic hydroxyl groups is 1. The fourth-order valence-corrected chi connectivity index (χ4v) is 3.10. The molecule has 1 aliphatic heterocycles. The van der Waals surface area contributed by atoms with Gasteiger partial charge in [-0.05, 0) is 43.9 Å². The van der Waals surface area contributed by atoms with Crippen LogP contribution in [-0.4, -0.2) is 35.2 Å². The van der Waals surface area contributed by atoms with E-state index >= 15 is 0 Å². The first-order chi connectivity index (χ1) is 7.16. The van der Waals surface area contributed by atoms with Crippen molar-refractivity contribution in [3.8, 4) is 0 Å². The summed E-state index contributed by atoms with van der Waals surface area (Å²) >= 11 is 0. The average molecular weight is 211 g/mol. The second-order valence-corrected chi connectivity index (χ2v) is 5.74. The van der Waals surface area contributed by atoms with Crippen molar-refractivity contribution in [3.63, 3.8) is 0 Å². The Bertz CT molecular complexity index is 199. The minimum Gasteiger partial charge on any atom is -0.393 e. The van der Waals surface area contributed by atoms with Crippen LogP contribution in [0.4, 0.5) is 0 Å². The Labute approximate surface area is 93.7 Å². The first-order valence-electron chi connectivity index (χ1n) is 6.59. The molecule has 2 heteroatoms. The molecule has 0 aromatic rings. The van der Waals surface area contributed by atoms with Gasteiger partial charge < -0.3 is 5.11 Å². The van der Waals surface area contributed by atoms with E-state index in [1.54, 1.807) is 0 Å². The molecule has 1 heterocycles. The van der Waals surface area contributed by atoms with Crippen LogP contribution in [-0.2, 0) is 0 Å². The standard InChI is InChI=1S/C13H25NO/c1-10-3-5-12(6-4-10)14-8-7-13(15)11(2)9-14/h10-13,15H,3-9H2,1-2H3. The number of hydrogen-bond acceptors (Lipinski definition) is 2. The Balaban J connectivity index is 1.84. The van der Waals surface area contributed by atoms with E-state index in [2.05, 4.69) is 18.7 Å². The van der Waals surface area contributed by atoms with Crippen LogP contribution in [0.5, 0.6) is 0 Å². The Morgan fingerprint density at radius 3 is 2.27 bits per heavy atom. The van der Waals surface area contributed by atoms with E-state index in [-0.39, 0.29) is 6.10 Å². The van der Waals surface area contributed by atoms with Crippen LogP contribution in [0.1, 0.15) is 46.0 Å². The summed E-state index contributed by atoms with van der Waals surface area (Å²) in [6, 6.07) is 0.816. The van der Waals surface area contributed by atoms with E-state index in [0.717, 1.165) is 31.5 Å². The van der Waals surface area contributed by atoms with Gasteiger partial charge in [0.05, 0.1) is 6.10 Å². The van der Waals surface area contributed by atoms with Gasteiger partial charge in [-0.1, -0.05) is 13.8 Å². The van der Waals surface area contributed by atoms with Gasteiger partial charge in [-0.25, -0.2) is 0 Å². The number of rotatable bonds is 1. The monoisotopic (exact) mass is 211 g/mol. The van der Waals surface area contributed by atoms with Gasteiger partial charge in [-0.15, -0.1) is 0 Å². The molecule has 88 valence electrons. The first kappa shape index (κ1) is 11.4. The summed E-state index contributed by atoms with van der Waals surface area (Å²) in [7, 11) is 0. The van der Waals surface area contributed by atoms with E-state index in [0.29, 0.717) is 5.92 Å². The summed E-state index contributed by atoms with van der Waals surface area (Å²) in [5.74, 6) is 1.41. The Morgan fingerprint density at radius 2 is 1.67 bits per heavy atom. The van der Waals surface area contributed by atoms with Crippen molar-refractivity contribution >= 4 is 0 Å². The van der Waals surface area contributed by atoms with Crippen LogP contribution in [0.25, 0.3) is 0 Å². The maximum Gasteiger partial charge on any atom is 0.0590 e. The van der Waals surface area contributed by atoms with Crippen molar-refractivity contribution in [2.45, 2.75) is 58.1 Å². The fourth-order valence-electron chi connectivity index (χ4n) is 3.10. The molecule has 0 radical (unpaired) electrons. The molecule has 2 unspecified atom stereocenters. The van der Waals surface area contributed by atoms with Crippen molar-refractivity contribution in [1.29, 1.82) is 0 Å². The van der Waals surface area contributed by atoms with E-state index < -0.39 is 0 Å². The van der Waals surface area contributed by atoms with Crippen molar-refractivity contribution < 1.29 is 5.11 Å². The maximum absolute atomic E-state index is 9.71. The fraction of sp³-hybridized carbons (Fsp3) is 1.00. The van der Waals surface area contributed by atoms with Gasteiger partial charge in [0, 0.05) is 19.1 Å². The van der Waals surface area contributed by atoms with Crippen molar-refractivity contribution in [2.75, 3.05) is 13.1 Å². The predicted octanol–water partition coefficient (Wildman–Crippen LogP) is 2.27. The minimum atomic E-state index is -0.0521. The summed E-state index contributed by atoms with van der Waals surface area (Å²) in [6.07, 6.45) is 6.49. The number of hydrogen-bond donors (Lipinski definition) is 1. The van der Waals surface area contributed by atoms with E-state index in [1.165, 1.54) is 25.7 Å². The van der Waals surface area contributed by atoms with Crippen LogP contribution in [0.15, 0.2) is 0 Å². The molecule has 2 rings (SSSR count). The van der Waals surface area contributed by atoms with Crippen LogP contribution in [0, 0.1) is 11.8 Å². The lowest BCUT2D eigenvalue weighted by Crippen LogP contribution is -2.47. The lowest BCUT2D eigenvalue weighted by Gasteiger charge is -2.42. The molecule has 0 bridgehead atoms. The van der Waals surface area contributed by atoms with Gasteiger partial charge in [0.2, 0.25) is 0 Å². The van der Waals surface area contributed by atoms with Gasteiger partial charge in [0.1, 0.15) is 0 Å². The Kier molecular flexibility index (Phi) is 3.68. The van der Waals surface area contributed by atoms with Crippen molar-refractivity contribution in [3.05, 3.63) is 0 Å². The van der Waals surface area contributed by atoms with Gasteiger partial charge in [0.15, 0.2) is 0 Å². The van der Waals surface area contributed by atoms with E-state index in [1.807, 2.05) is 0 Å². The van der Waals surface area contributed by atoms with Gasteiger partial charge in [0.25, 0.3) is 0 Å². The number of nitrogens with zero attached hydrogens (tertiary/aromatic N) is 1. The molecule has 2 nitrogen and oxygen atoms in total. The molecule has 2 fully saturated rings. The molecule has 0 spiro atoms. The third kappa shape index (κ3) is 2.73. The highest BCUT2D eigenvalue weighted by molar-refractivity contribution is 4.84. The highest BCUT2D eigenvalue weighted by Crippen LogP contribution is 2.29. The molecule has 1 N–H and O–H groups in total. The van der Waals surface area contributed by atoms with Crippen molar-refractivity contribution in [2.24, 2.45) is 11.8 Å². The zero-order valence-corrected chi connectivity index (χ0v) is 10.2. The average Bonchev–Trinajstić information content (AvgIpc) is 2.23. The quantitative estimate of drug-likeness (QED) is 0.719. The molecular weight excluding hydrogens is 186 g/mol. The second-order valence-electron chi connectivity index (χ2n) is 5.74. The summed E-state index contributed by atoms with van der Waals surface area (Å²) in [5.41, 5.74) is 0. The molecule has 1 saturated carbocycles. The van der Waals surface area contributed by atoms with Crippen LogP contribution < -0.4 is 0 Å². The number of aliphatic hydroxyl groups excluding tert-OH is 1. The van der Waals surface area contributed by atoms with Crippen LogP contribution in [0.3, 0.4) is 0 Å². The predicted molar refractivity (Wildman–Crippen MR) is 62.8 cm³/mol. The Morgan fingerprint density at radius 1 is 1.00 bits per heavy atom. The molecule has 2 atom stereocenters. The first-order valence-corrected chi connectivity index (χ1v) is 6.59. The van der Waals surface area contributed by atoms with E-state index in [4.69, 9.17) is 0 Å². The van der Waals surface area contributed by atoms with Crippen molar-refractivity contribution in [1.82, 2.24) is 4.90 Å². The van der Waals surface area contributed by atoms with Gasteiger partial charge in [-0.3, -0.25) is 4.90 Å². The maximum atomic E-state index is 9.71. The molecule has 0 aromatic heterocycles. The topological polar surface area (TPSA) is 23.5 Å². The highest BCUT2D eigenvalue weighted by atomic mass is 16.3. The zero-order valence-electron chi connectivity index (χ0n) is 10.2. The van der Waals surface area contributed by atoms with Gasteiger partial charge >= 0.3 is 0 Å².